The summed E-state index contributed by atoms with van der Waals surface area (Å²) in [6.45, 7) is 4.33. The number of benzene rings is 1. The van der Waals surface area contributed by atoms with Crippen LogP contribution in [-0.2, 0) is 11.8 Å². The molecule has 0 unspecified atom stereocenters. The van der Waals surface area contributed by atoms with E-state index in [1.807, 2.05) is 0 Å². The van der Waals surface area contributed by atoms with Crippen molar-refractivity contribution in [1.82, 2.24) is 4.90 Å². The Morgan fingerprint density at radius 2 is 2.17 bits per heavy atom. The van der Waals surface area contributed by atoms with Gasteiger partial charge in [-0.3, -0.25) is 0 Å². The van der Waals surface area contributed by atoms with Crippen LogP contribution in [0, 0.1) is 5.92 Å². The summed E-state index contributed by atoms with van der Waals surface area (Å²) in [5.41, 5.74) is 4.77. The number of hydrogen-bond acceptors (Lipinski definition) is 3. The second kappa shape index (κ2) is 5.70. The summed E-state index contributed by atoms with van der Waals surface area (Å²) >= 11 is 0. The summed E-state index contributed by atoms with van der Waals surface area (Å²) in [4.78, 5) is 2.63. The van der Waals surface area contributed by atoms with Gasteiger partial charge in [0.1, 0.15) is 5.75 Å². The number of likely N-dealkylation sites (tertiary alicyclic amines) is 1. The first-order valence-electron chi connectivity index (χ1n) is 9.35. The average Bonchev–Trinajstić information content (AvgIpc) is 2.58. The van der Waals surface area contributed by atoms with Crippen molar-refractivity contribution in [3.05, 3.63) is 23.3 Å². The quantitative estimate of drug-likeness (QED) is 0.918. The number of nitrogens with one attached hydrogen (secondary N) is 1. The Morgan fingerprint density at radius 3 is 2.96 bits per heavy atom. The zero-order valence-electron chi connectivity index (χ0n) is 14.8. The van der Waals surface area contributed by atoms with Crippen LogP contribution in [0.25, 0.3) is 0 Å². The van der Waals surface area contributed by atoms with Crippen molar-refractivity contribution in [1.29, 1.82) is 0 Å². The third-order valence-corrected chi connectivity index (χ3v) is 6.80. The van der Waals surface area contributed by atoms with Gasteiger partial charge < -0.3 is 15.0 Å². The Hall–Kier alpha value is -1.22. The van der Waals surface area contributed by atoms with Crippen LogP contribution >= 0.6 is 0 Å². The number of likely N-dealkylation sites (N-methyl/N-ethyl adjacent to an activating group) is 1. The van der Waals surface area contributed by atoms with Crippen molar-refractivity contribution in [3.8, 4) is 5.75 Å². The van der Waals surface area contributed by atoms with Crippen molar-refractivity contribution < 1.29 is 4.74 Å². The lowest BCUT2D eigenvalue weighted by Gasteiger charge is -2.58. The molecule has 1 aliphatic heterocycles. The van der Waals surface area contributed by atoms with E-state index in [2.05, 4.69) is 36.3 Å². The summed E-state index contributed by atoms with van der Waals surface area (Å²) < 4.78 is 5.73. The van der Waals surface area contributed by atoms with Gasteiger partial charge in [0, 0.05) is 18.0 Å². The molecule has 1 saturated carbocycles. The highest BCUT2D eigenvalue weighted by Crippen LogP contribution is 2.56. The van der Waals surface area contributed by atoms with Gasteiger partial charge in [-0.25, -0.2) is 0 Å². The first-order chi connectivity index (χ1) is 11.2. The largest absolute Gasteiger partial charge is 0.495 e. The molecule has 0 radical (unpaired) electrons. The van der Waals surface area contributed by atoms with Crippen molar-refractivity contribution in [2.75, 3.05) is 32.6 Å². The topological polar surface area (TPSA) is 24.5 Å². The fourth-order valence-corrected chi connectivity index (χ4v) is 5.73. The summed E-state index contributed by atoms with van der Waals surface area (Å²) in [6.07, 6.45) is 8.12. The predicted octanol–water partition coefficient (Wildman–Crippen LogP) is 3.82. The third-order valence-electron chi connectivity index (χ3n) is 6.80. The van der Waals surface area contributed by atoms with E-state index in [1.54, 1.807) is 18.2 Å². The number of nitrogens with zero attached hydrogens (tertiary/aromatic N) is 1. The molecule has 23 heavy (non-hydrogen) atoms. The highest BCUT2D eigenvalue weighted by molar-refractivity contribution is 5.62. The highest BCUT2D eigenvalue weighted by atomic mass is 16.5. The summed E-state index contributed by atoms with van der Waals surface area (Å²) in [5, 5.41) is 3.49. The molecule has 3 nitrogen and oxygen atoms in total. The van der Waals surface area contributed by atoms with Gasteiger partial charge in [0.25, 0.3) is 0 Å². The van der Waals surface area contributed by atoms with Crippen LogP contribution in [0.1, 0.15) is 50.2 Å². The molecule has 1 aromatic rings. The molecular weight excluding hydrogens is 284 g/mol. The lowest BCUT2D eigenvalue weighted by molar-refractivity contribution is 0.00277. The van der Waals surface area contributed by atoms with Gasteiger partial charge in [0.05, 0.1) is 12.8 Å². The van der Waals surface area contributed by atoms with Crippen molar-refractivity contribution in [2.45, 2.75) is 56.9 Å². The molecule has 4 rings (SSSR count). The van der Waals surface area contributed by atoms with Crippen LogP contribution < -0.4 is 10.1 Å². The molecular formula is C20H30N2O. The number of methoxy groups -OCH3 is 1. The van der Waals surface area contributed by atoms with E-state index in [-0.39, 0.29) is 0 Å². The molecule has 3 aliphatic rings. The highest BCUT2D eigenvalue weighted by Gasteiger charge is 2.53. The molecule has 0 amide bonds. The van der Waals surface area contributed by atoms with Crippen molar-refractivity contribution in [2.24, 2.45) is 5.92 Å². The molecule has 3 heteroatoms. The van der Waals surface area contributed by atoms with E-state index in [1.165, 1.54) is 50.8 Å². The number of hydrogen-bond donors (Lipinski definition) is 1. The minimum atomic E-state index is 0.418. The second-order valence-corrected chi connectivity index (χ2v) is 7.75. The lowest BCUT2D eigenvalue weighted by Crippen LogP contribution is -2.59. The molecule has 1 heterocycles. The molecule has 3 atom stereocenters. The Morgan fingerprint density at radius 1 is 1.30 bits per heavy atom. The lowest BCUT2D eigenvalue weighted by atomic mass is 9.52. The van der Waals surface area contributed by atoms with Gasteiger partial charge in [-0.2, -0.15) is 0 Å². The fourth-order valence-electron chi connectivity index (χ4n) is 5.73. The van der Waals surface area contributed by atoms with E-state index in [4.69, 9.17) is 4.74 Å². The molecule has 1 N–H and O–H groups in total. The van der Waals surface area contributed by atoms with E-state index < -0.39 is 0 Å². The number of rotatable bonds is 3. The van der Waals surface area contributed by atoms with Crippen LogP contribution in [-0.4, -0.2) is 38.2 Å². The minimum Gasteiger partial charge on any atom is -0.495 e. The van der Waals surface area contributed by atoms with E-state index in [0.717, 1.165) is 24.3 Å². The summed E-state index contributed by atoms with van der Waals surface area (Å²) in [6, 6.07) is 5.50. The van der Waals surface area contributed by atoms with Gasteiger partial charge in [-0.05, 0) is 75.4 Å². The van der Waals surface area contributed by atoms with E-state index in [0.29, 0.717) is 5.41 Å². The maximum absolute atomic E-state index is 5.73. The smallest absolute Gasteiger partial charge is 0.142 e. The third kappa shape index (κ3) is 2.20. The predicted molar refractivity (Wildman–Crippen MR) is 95.5 cm³/mol. The molecule has 2 aliphatic carbocycles. The maximum Gasteiger partial charge on any atom is 0.142 e. The van der Waals surface area contributed by atoms with Crippen molar-refractivity contribution >= 4 is 5.69 Å². The zero-order valence-corrected chi connectivity index (χ0v) is 14.8. The van der Waals surface area contributed by atoms with Gasteiger partial charge >= 0.3 is 0 Å². The number of ether oxygens (including phenoxy) is 1. The van der Waals surface area contributed by atoms with Crippen LogP contribution in [0.4, 0.5) is 5.69 Å². The Bertz CT molecular complexity index is 600. The molecule has 0 spiro atoms. The van der Waals surface area contributed by atoms with Crippen molar-refractivity contribution in [3.63, 3.8) is 0 Å². The molecule has 126 valence electrons. The average molecular weight is 314 g/mol. The molecule has 0 aromatic heterocycles. The van der Waals surface area contributed by atoms with Gasteiger partial charge in [0.2, 0.25) is 0 Å². The first kappa shape index (κ1) is 15.3. The van der Waals surface area contributed by atoms with Crippen LogP contribution in [0.2, 0.25) is 0 Å². The Kier molecular flexibility index (Phi) is 3.79. The summed E-state index contributed by atoms with van der Waals surface area (Å²) in [7, 11) is 4.14. The van der Waals surface area contributed by atoms with Gasteiger partial charge in [0.15, 0.2) is 0 Å². The standard InChI is InChI=1S/C20H30N2O/c1-4-21-17-11-14-12-18-15-7-5-6-8-20(15,9-10-22(18)2)16(14)13-19(17)23-3/h11,13,15,18,21H,4-10,12H2,1-3H3/t15-,18-,20-/m1/s1. The minimum absolute atomic E-state index is 0.418. The Balaban J connectivity index is 1.86. The van der Waals surface area contributed by atoms with E-state index in [9.17, 15) is 0 Å². The van der Waals surface area contributed by atoms with Gasteiger partial charge in [-0.15, -0.1) is 0 Å². The normalized spacial score (nSPS) is 32.8. The molecule has 2 bridgehead atoms. The van der Waals surface area contributed by atoms with Crippen LogP contribution in [0.5, 0.6) is 5.75 Å². The monoisotopic (exact) mass is 314 g/mol. The van der Waals surface area contributed by atoms with E-state index >= 15 is 0 Å². The first-order valence-corrected chi connectivity index (χ1v) is 9.35. The number of fused-ring (bicyclic) bond motifs is 1. The SMILES string of the molecule is CCNc1cc2c(cc1OC)[C@@]13CCCC[C@@H]1[C@@H](C2)N(C)CC3. The van der Waals surface area contributed by atoms with Gasteiger partial charge in [-0.1, -0.05) is 12.8 Å². The molecule has 1 saturated heterocycles. The second-order valence-electron chi connectivity index (χ2n) is 7.75. The zero-order chi connectivity index (χ0) is 16.0. The molecule has 1 aromatic carbocycles. The van der Waals surface area contributed by atoms with Crippen LogP contribution in [0.3, 0.4) is 0 Å². The fraction of sp³-hybridized carbons (Fsp3) is 0.700. The number of anilines is 1. The maximum atomic E-state index is 5.73. The summed E-state index contributed by atoms with van der Waals surface area (Å²) in [5.74, 6) is 1.87. The Labute approximate surface area is 140 Å². The van der Waals surface area contributed by atoms with Crippen LogP contribution in [0.15, 0.2) is 12.1 Å². The molecule has 2 fully saturated rings. The number of piperidine rings is 1.